The topological polar surface area (TPSA) is 43.8 Å². The summed E-state index contributed by atoms with van der Waals surface area (Å²) in [6, 6.07) is 4.22. The van der Waals surface area contributed by atoms with Crippen LogP contribution in [-0.4, -0.2) is 9.55 Å². The first-order chi connectivity index (χ1) is 7.06. The van der Waals surface area contributed by atoms with Crippen LogP contribution in [0.25, 0.3) is 5.69 Å². The second-order valence-corrected chi connectivity index (χ2v) is 3.67. The molecule has 1 aromatic heterocycles. The number of nitrogen functional groups attached to an aromatic ring is 1. The van der Waals surface area contributed by atoms with Gasteiger partial charge in [-0.25, -0.2) is 9.37 Å². The summed E-state index contributed by atoms with van der Waals surface area (Å²) >= 11 is 5.74. The lowest BCUT2D eigenvalue weighted by molar-refractivity contribution is 0.627. The molecule has 0 aliphatic carbocycles. The molecule has 1 heterocycles. The average Bonchev–Trinajstić information content (AvgIpc) is 2.43. The van der Waals surface area contributed by atoms with Gasteiger partial charge in [0.15, 0.2) is 0 Å². The molecular formula is C10H9ClFN3. The smallest absolute Gasteiger partial charge is 0.205 e. The van der Waals surface area contributed by atoms with Gasteiger partial charge >= 0.3 is 0 Å². The fourth-order valence-electron chi connectivity index (χ4n) is 1.40. The van der Waals surface area contributed by atoms with E-state index in [2.05, 4.69) is 4.98 Å². The number of hydrogen-bond donors (Lipinski definition) is 1. The zero-order chi connectivity index (χ0) is 11.0. The quantitative estimate of drug-likeness (QED) is 0.811. The molecule has 2 rings (SSSR count). The van der Waals surface area contributed by atoms with Crippen molar-refractivity contribution in [2.45, 2.75) is 6.92 Å². The molecule has 2 aromatic rings. The fraction of sp³-hybridized carbons (Fsp3) is 0.100. The molecule has 0 atom stereocenters. The van der Waals surface area contributed by atoms with Gasteiger partial charge in [-0.2, -0.15) is 0 Å². The lowest BCUT2D eigenvalue weighted by atomic mass is 10.3. The van der Waals surface area contributed by atoms with Crippen LogP contribution in [0.3, 0.4) is 0 Å². The van der Waals surface area contributed by atoms with Crippen LogP contribution in [-0.2, 0) is 0 Å². The molecule has 0 unspecified atom stereocenters. The number of aromatic nitrogens is 2. The van der Waals surface area contributed by atoms with Crippen molar-refractivity contribution in [1.82, 2.24) is 9.55 Å². The number of hydrogen-bond acceptors (Lipinski definition) is 2. The molecule has 0 aliphatic heterocycles. The Kier molecular flexibility index (Phi) is 2.36. The molecule has 0 radical (unpaired) electrons. The molecular weight excluding hydrogens is 217 g/mol. The summed E-state index contributed by atoms with van der Waals surface area (Å²) in [6.45, 7) is 1.81. The number of imidazole rings is 1. The Morgan fingerprint density at radius 1 is 1.40 bits per heavy atom. The second kappa shape index (κ2) is 3.55. The minimum Gasteiger partial charge on any atom is -0.369 e. The highest BCUT2D eigenvalue weighted by atomic mass is 35.5. The Labute approximate surface area is 91.3 Å². The Hall–Kier alpha value is -1.55. The molecule has 0 aliphatic rings. The van der Waals surface area contributed by atoms with E-state index < -0.39 is 5.82 Å². The predicted octanol–water partition coefficient (Wildman–Crippen LogP) is 2.56. The third-order valence-corrected chi connectivity index (χ3v) is 2.20. The average molecular weight is 226 g/mol. The van der Waals surface area contributed by atoms with Crippen LogP contribution < -0.4 is 5.73 Å². The van der Waals surface area contributed by atoms with E-state index >= 15 is 0 Å². The van der Waals surface area contributed by atoms with Gasteiger partial charge in [0, 0.05) is 11.2 Å². The molecule has 1 aromatic carbocycles. The maximum atomic E-state index is 13.1. The molecule has 0 saturated heterocycles. The number of nitrogens with zero attached hydrogens (tertiary/aromatic N) is 2. The van der Waals surface area contributed by atoms with Crippen molar-refractivity contribution >= 4 is 17.5 Å². The molecule has 0 spiro atoms. The minimum absolute atomic E-state index is 0.314. The van der Waals surface area contributed by atoms with Gasteiger partial charge in [0.2, 0.25) is 5.95 Å². The van der Waals surface area contributed by atoms with Crippen molar-refractivity contribution in [1.29, 1.82) is 0 Å². The molecule has 0 fully saturated rings. The second-order valence-electron chi connectivity index (χ2n) is 3.24. The van der Waals surface area contributed by atoms with Gasteiger partial charge in [-0.3, -0.25) is 4.57 Å². The van der Waals surface area contributed by atoms with Crippen LogP contribution >= 0.6 is 11.6 Å². The van der Waals surface area contributed by atoms with Crippen LogP contribution in [0.5, 0.6) is 0 Å². The number of anilines is 1. The van der Waals surface area contributed by atoms with E-state index in [1.807, 2.05) is 6.92 Å². The van der Waals surface area contributed by atoms with Crippen molar-refractivity contribution in [2.24, 2.45) is 0 Å². The Morgan fingerprint density at radius 2 is 2.13 bits per heavy atom. The van der Waals surface area contributed by atoms with E-state index in [1.165, 1.54) is 12.1 Å². The summed E-state index contributed by atoms with van der Waals surface area (Å²) in [5.41, 5.74) is 7.00. The summed E-state index contributed by atoms with van der Waals surface area (Å²) in [7, 11) is 0. The minimum atomic E-state index is -0.400. The Morgan fingerprint density at radius 3 is 2.67 bits per heavy atom. The summed E-state index contributed by atoms with van der Waals surface area (Å²) in [5.74, 6) is -0.0857. The first kappa shape index (κ1) is 9.98. The van der Waals surface area contributed by atoms with Crippen molar-refractivity contribution in [3.8, 4) is 5.69 Å². The van der Waals surface area contributed by atoms with E-state index in [0.717, 1.165) is 5.69 Å². The highest BCUT2D eigenvalue weighted by molar-refractivity contribution is 6.30. The number of benzene rings is 1. The van der Waals surface area contributed by atoms with Gasteiger partial charge in [-0.1, -0.05) is 11.6 Å². The van der Waals surface area contributed by atoms with Crippen molar-refractivity contribution < 1.29 is 4.39 Å². The molecule has 0 bridgehead atoms. The summed E-state index contributed by atoms with van der Waals surface area (Å²) < 4.78 is 14.7. The molecule has 2 N–H and O–H groups in total. The maximum absolute atomic E-state index is 13.1. The maximum Gasteiger partial charge on any atom is 0.205 e. The van der Waals surface area contributed by atoms with Crippen LogP contribution in [0.15, 0.2) is 24.4 Å². The van der Waals surface area contributed by atoms with E-state index in [0.29, 0.717) is 16.7 Å². The van der Waals surface area contributed by atoms with Gasteiger partial charge in [-0.05, 0) is 25.1 Å². The largest absolute Gasteiger partial charge is 0.369 e. The van der Waals surface area contributed by atoms with Gasteiger partial charge in [0.05, 0.1) is 11.4 Å². The van der Waals surface area contributed by atoms with Crippen LogP contribution in [0, 0.1) is 12.7 Å². The lowest BCUT2D eigenvalue weighted by Crippen LogP contribution is -1.99. The number of halogens is 2. The lowest BCUT2D eigenvalue weighted by Gasteiger charge is -2.04. The number of nitrogens with two attached hydrogens (primary N) is 1. The van der Waals surface area contributed by atoms with E-state index in [4.69, 9.17) is 17.3 Å². The van der Waals surface area contributed by atoms with Crippen molar-refractivity contribution in [2.75, 3.05) is 5.73 Å². The zero-order valence-corrected chi connectivity index (χ0v) is 8.79. The van der Waals surface area contributed by atoms with E-state index in [1.54, 1.807) is 16.8 Å². The first-order valence-electron chi connectivity index (χ1n) is 4.34. The SMILES string of the molecule is Cc1cn(-c2cc(F)cc(Cl)c2)c(N)n1. The molecule has 15 heavy (non-hydrogen) atoms. The van der Waals surface area contributed by atoms with E-state index in [9.17, 15) is 4.39 Å². The molecule has 3 nitrogen and oxygen atoms in total. The van der Waals surface area contributed by atoms with Crippen molar-refractivity contribution in [3.05, 3.63) is 40.9 Å². The van der Waals surface area contributed by atoms with Crippen LogP contribution in [0.2, 0.25) is 5.02 Å². The molecule has 0 amide bonds. The summed E-state index contributed by atoms with van der Waals surface area (Å²) in [4.78, 5) is 4.02. The van der Waals surface area contributed by atoms with Crippen LogP contribution in [0.4, 0.5) is 10.3 Å². The Bertz CT molecular complexity index is 487. The third-order valence-electron chi connectivity index (χ3n) is 1.98. The highest BCUT2D eigenvalue weighted by Crippen LogP contribution is 2.20. The van der Waals surface area contributed by atoms with Crippen LogP contribution in [0.1, 0.15) is 5.69 Å². The van der Waals surface area contributed by atoms with Gasteiger partial charge in [0.25, 0.3) is 0 Å². The standard InChI is InChI=1S/C10H9ClFN3/c1-6-5-15(10(13)14-6)9-3-7(11)2-8(12)4-9/h2-5H,1H3,(H2,13,14). The molecule has 5 heteroatoms. The predicted molar refractivity (Wildman–Crippen MR) is 57.7 cm³/mol. The number of aryl methyl sites for hydroxylation is 1. The van der Waals surface area contributed by atoms with Gasteiger partial charge in [-0.15, -0.1) is 0 Å². The van der Waals surface area contributed by atoms with Gasteiger partial charge in [0.1, 0.15) is 5.82 Å². The molecule has 78 valence electrons. The zero-order valence-electron chi connectivity index (χ0n) is 8.04. The molecule has 0 saturated carbocycles. The number of rotatable bonds is 1. The summed E-state index contributed by atoms with van der Waals surface area (Å²) in [6.07, 6.45) is 1.72. The summed E-state index contributed by atoms with van der Waals surface area (Å²) in [5, 5.41) is 0.329. The first-order valence-corrected chi connectivity index (χ1v) is 4.72. The van der Waals surface area contributed by atoms with E-state index in [-0.39, 0.29) is 0 Å². The van der Waals surface area contributed by atoms with Gasteiger partial charge < -0.3 is 5.73 Å². The Balaban J connectivity index is 2.58. The third kappa shape index (κ3) is 1.94. The monoisotopic (exact) mass is 225 g/mol. The fourth-order valence-corrected chi connectivity index (χ4v) is 1.62. The highest BCUT2D eigenvalue weighted by Gasteiger charge is 2.06. The van der Waals surface area contributed by atoms with Crippen molar-refractivity contribution in [3.63, 3.8) is 0 Å². The normalized spacial score (nSPS) is 10.6.